The SMILES string of the molecule is C=C/C(C)=C(C)\C=C\CC(F)(F)F. The van der Waals surface area contributed by atoms with Gasteiger partial charge in [0.2, 0.25) is 0 Å². The van der Waals surface area contributed by atoms with E-state index >= 15 is 0 Å². The Morgan fingerprint density at radius 1 is 1.23 bits per heavy atom. The van der Waals surface area contributed by atoms with E-state index in [4.69, 9.17) is 0 Å². The van der Waals surface area contributed by atoms with E-state index in [1.807, 2.05) is 0 Å². The topological polar surface area (TPSA) is 0 Å². The fourth-order valence-electron chi connectivity index (χ4n) is 0.662. The Labute approximate surface area is 76.5 Å². The molecule has 0 N–H and O–H groups in total. The van der Waals surface area contributed by atoms with Crippen LogP contribution < -0.4 is 0 Å². The van der Waals surface area contributed by atoms with Gasteiger partial charge in [0, 0.05) is 0 Å². The van der Waals surface area contributed by atoms with E-state index in [1.54, 1.807) is 19.9 Å². The summed E-state index contributed by atoms with van der Waals surface area (Å²) in [6.07, 6.45) is -0.798. The highest BCUT2D eigenvalue weighted by molar-refractivity contribution is 5.28. The fourth-order valence-corrected chi connectivity index (χ4v) is 0.662. The van der Waals surface area contributed by atoms with Crippen molar-refractivity contribution in [3.8, 4) is 0 Å². The Balaban J connectivity index is 4.22. The monoisotopic (exact) mass is 190 g/mol. The second-order valence-corrected chi connectivity index (χ2v) is 2.79. The van der Waals surface area contributed by atoms with E-state index in [-0.39, 0.29) is 0 Å². The first-order chi connectivity index (χ1) is 5.87. The zero-order chi connectivity index (χ0) is 10.5. The third kappa shape index (κ3) is 6.20. The lowest BCUT2D eigenvalue weighted by Crippen LogP contribution is -2.04. The number of halogens is 3. The predicted octanol–water partition coefficient (Wildman–Crippen LogP) is 4.02. The van der Waals surface area contributed by atoms with Crippen molar-refractivity contribution in [3.05, 3.63) is 36.0 Å². The minimum atomic E-state index is -4.11. The quantitative estimate of drug-likeness (QED) is 0.589. The molecular formula is C10H13F3. The third-order valence-corrected chi connectivity index (χ3v) is 1.65. The first-order valence-electron chi connectivity index (χ1n) is 3.90. The standard InChI is InChI=1S/C10H13F3/c1-4-8(2)9(3)6-5-7-10(11,12)13/h4-6H,1,7H2,2-3H3/b6-5+,9-8-. The molecule has 74 valence electrons. The van der Waals surface area contributed by atoms with Crippen LogP contribution in [-0.2, 0) is 0 Å². The highest BCUT2D eigenvalue weighted by atomic mass is 19.4. The summed E-state index contributed by atoms with van der Waals surface area (Å²) < 4.78 is 35.1. The van der Waals surface area contributed by atoms with Crippen LogP contribution >= 0.6 is 0 Å². The normalized spacial score (nSPS) is 14.5. The molecule has 0 aliphatic carbocycles. The maximum absolute atomic E-state index is 11.7. The van der Waals surface area contributed by atoms with Gasteiger partial charge in [0.05, 0.1) is 6.42 Å². The molecule has 13 heavy (non-hydrogen) atoms. The summed E-state index contributed by atoms with van der Waals surface area (Å²) >= 11 is 0. The molecule has 0 aromatic rings. The van der Waals surface area contributed by atoms with Crippen LogP contribution in [0.2, 0.25) is 0 Å². The number of rotatable bonds is 3. The van der Waals surface area contributed by atoms with Crippen LogP contribution in [0.15, 0.2) is 36.0 Å². The second kappa shape index (κ2) is 4.90. The van der Waals surface area contributed by atoms with Gasteiger partial charge < -0.3 is 0 Å². The maximum atomic E-state index is 11.7. The Bertz CT molecular complexity index is 231. The van der Waals surface area contributed by atoms with Gasteiger partial charge in [-0.3, -0.25) is 0 Å². The van der Waals surface area contributed by atoms with Gasteiger partial charge in [0.1, 0.15) is 0 Å². The van der Waals surface area contributed by atoms with Crippen molar-refractivity contribution in [3.63, 3.8) is 0 Å². The average molecular weight is 190 g/mol. The first kappa shape index (κ1) is 12.0. The molecule has 0 radical (unpaired) electrons. The van der Waals surface area contributed by atoms with E-state index in [2.05, 4.69) is 6.58 Å². The molecule has 0 rings (SSSR count). The van der Waals surface area contributed by atoms with E-state index in [1.165, 1.54) is 6.08 Å². The molecule has 0 aliphatic heterocycles. The lowest BCUT2D eigenvalue weighted by molar-refractivity contribution is -0.125. The van der Waals surface area contributed by atoms with Gasteiger partial charge in [-0.15, -0.1) is 0 Å². The van der Waals surface area contributed by atoms with Crippen LogP contribution in [0.5, 0.6) is 0 Å². The average Bonchev–Trinajstić information content (AvgIpc) is 2.00. The molecule has 0 saturated carbocycles. The zero-order valence-corrected chi connectivity index (χ0v) is 7.78. The summed E-state index contributed by atoms with van der Waals surface area (Å²) in [5, 5.41) is 0. The van der Waals surface area contributed by atoms with E-state index in [0.29, 0.717) is 0 Å². The molecular weight excluding hydrogens is 177 g/mol. The van der Waals surface area contributed by atoms with E-state index < -0.39 is 12.6 Å². The summed E-state index contributed by atoms with van der Waals surface area (Å²) in [5.41, 5.74) is 1.69. The van der Waals surface area contributed by atoms with Crippen LogP contribution in [0, 0.1) is 0 Å². The second-order valence-electron chi connectivity index (χ2n) is 2.79. The van der Waals surface area contributed by atoms with Gasteiger partial charge in [-0.25, -0.2) is 0 Å². The van der Waals surface area contributed by atoms with Crippen molar-refractivity contribution < 1.29 is 13.2 Å². The molecule has 0 bridgehead atoms. The largest absolute Gasteiger partial charge is 0.392 e. The van der Waals surface area contributed by atoms with Crippen LogP contribution in [-0.4, -0.2) is 6.18 Å². The molecule has 0 unspecified atom stereocenters. The number of hydrogen-bond donors (Lipinski definition) is 0. The van der Waals surface area contributed by atoms with Crippen LogP contribution in [0.4, 0.5) is 13.2 Å². The maximum Gasteiger partial charge on any atom is 0.392 e. The van der Waals surface area contributed by atoms with Gasteiger partial charge >= 0.3 is 6.18 Å². The zero-order valence-electron chi connectivity index (χ0n) is 7.78. The molecule has 0 spiro atoms. The molecule has 0 amide bonds. The van der Waals surface area contributed by atoms with Gasteiger partial charge in [-0.2, -0.15) is 13.2 Å². The molecule has 0 saturated heterocycles. The van der Waals surface area contributed by atoms with Crippen LogP contribution in [0.25, 0.3) is 0 Å². The smallest absolute Gasteiger partial charge is 0.171 e. The molecule has 0 aromatic heterocycles. The number of hydrogen-bond acceptors (Lipinski definition) is 0. The fraction of sp³-hybridized carbons (Fsp3) is 0.400. The Morgan fingerprint density at radius 3 is 2.15 bits per heavy atom. The molecule has 0 atom stereocenters. The Morgan fingerprint density at radius 2 is 1.77 bits per heavy atom. The summed E-state index contributed by atoms with van der Waals surface area (Å²) in [6, 6.07) is 0. The molecule has 0 aromatic carbocycles. The molecule has 0 aliphatic rings. The van der Waals surface area contributed by atoms with Gasteiger partial charge in [0.15, 0.2) is 0 Å². The van der Waals surface area contributed by atoms with Gasteiger partial charge in [-0.1, -0.05) is 24.8 Å². The van der Waals surface area contributed by atoms with Crippen molar-refractivity contribution in [2.45, 2.75) is 26.4 Å². The molecule has 0 heterocycles. The molecule has 3 heteroatoms. The minimum Gasteiger partial charge on any atom is -0.171 e. The summed E-state index contributed by atoms with van der Waals surface area (Å²) in [5.74, 6) is 0. The van der Waals surface area contributed by atoms with Gasteiger partial charge in [0.25, 0.3) is 0 Å². The molecule has 0 nitrogen and oxygen atoms in total. The van der Waals surface area contributed by atoms with Crippen molar-refractivity contribution in [1.82, 2.24) is 0 Å². The van der Waals surface area contributed by atoms with Crippen molar-refractivity contribution in [1.29, 1.82) is 0 Å². The summed E-state index contributed by atoms with van der Waals surface area (Å²) in [7, 11) is 0. The van der Waals surface area contributed by atoms with Gasteiger partial charge in [-0.05, 0) is 25.0 Å². The Kier molecular flexibility index (Phi) is 4.52. The van der Waals surface area contributed by atoms with E-state index in [0.717, 1.165) is 17.2 Å². The van der Waals surface area contributed by atoms with Crippen LogP contribution in [0.1, 0.15) is 20.3 Å². The first-order valence-corrected chi connectivity index (χ1v) is 3.90. The Hall–Kier alpha value is -0.990. The van der Waals surface area contributed by atoms with Crippen molar-refractivity contribution in [2.24, 2.45) is 0 Å². The van der Waals surface area contributed by atoms with Crippen molar-refractivity contribution in [2.75, 3.05) is 0 Å². The minimum absolute atomic E-state index is 0.805. The third-order valence-electron chi connectivity index (χ3n) is 1.65. The summed E-state index contributed by atoms with van der Waals surface area (Å²) in [6.45, 7) is 7.08. The lowest BCUT2D eigenvalue weighted by Gasteiger charge is -2.01. The summed E-state index contributed by atoms with van der Waals surface area (Å²) in [4.78, 5) is 0. The van der Waals surface area contributed by atoms with E-state index in [9.17, 15) is 13.2 Å². The molecule has 0 fully saturated rings. The predicted molar refractivity (Wildman–Crippen MR) is 48.4 cm³/mol. The van der Waals surface area contributed by atoms with Crippen molar-refractivity contribution >= 4 is 0 Å². The lowest BCUT2D eigenvalue weighted by atomic mass is 10.1. The van der Waals surface area contributed by atoms with Crippen LogP contribution in [0.3, 0.4) is 0 Å². The number of alkyl halides is 3. The highest BCUT2D eigenvalue weighted by Gasteiger charge is 2.24. The number of allylic oxidation sites excluding steroid dienone is 5. The highest BCUT2D eigenvalue weighted by Crippen LogP contribution is 2.20.